The minimum Gasteiger partial charge on any atom is -0.444 e. The lowest BCUT2D eigenvalue weighted by Gasteiger charge is -2.27. The SMILES string of the molecule is CC(C)(C)OC(=O)N[C@@H]1CCCCC[C@H]1C(=O)NCc1ccncc1. The molecule has 1 saturated carbocycles. The van der Waals surface area contributed by atoms with Crippen LogP contribution in [-0.4, -0.2) is 28.6 Å². The lowest BCUT2D eigenvalue weighted by atomic mass is 9.93. The van der Waals surface area contributed by atoms with Gasteiger partial charge in [0.2, 0.25) is 5.91 Å². The van der Waals surface area contributed by atoms with Gasteiger partial charge in [-0.05, 0) is 51.3 Å². The molecule has 2 N–H and O–H groups in total. The molecule has 2 amide bonds. The number of nitrogens with one attached hydrogen (secondary N) is 2. The minimum atomic E-state index is -0.548. The molecule has 1 heterocycles. The van der Waals surface area contributed by atoms with Crippen LogP contribution in [0.15, 0.2) is 24.5 Å². The maximum absolute atomic E-state index is 12.7. The van der Waals surface area contributed by atoms with E-state index >= 15 is 0 Å². The molecule has 6 heteroatoms. The van der Waals surface area contributed by atoms with E-state index < -0.39 is 11.7 Å². The molecular formula is C19H29N3O3. The first-order valence-electron chi connectivity index (χ1n) is 9.01. The van der Waals surface area contributed by atoms with Crippen LogP contribution in [0.5, 0.6) is 0 Å². The number of rotatable bonds is 4. The fourth-order valence-corrected chi connectivity index (χ4v) is 3.07. The summed E-state index contributed by atoms with van der Waals surface area (Å²) in [6, 6.07) is 3.57. The first kappa shape index (κ1) is 19.2. The van der Waals surface area contributed by atoms with Crippen molar-refractivity contribution < 1.29 is 14.3 Å². The van der Waals surface area contributed by atoms with Crippen molar-refractivity contribution >= 4 is 12.0 Å². The normalized spacial score (nSPS) is 21.1. The van der Waals surface area contributed by atoms with Gasteiger partial charge in [0.05, 0.1) is 5.92 Å². The molecule has 6 nitrogen and oxygen atoms in total. The van der Waals surface area contributed by atoms with Crippen molar-refractivity contribution in [2.24, 2.45) is 5.92 Å². The molecule has 138 valence electrons. The number of amides is 2. The molecule has 0 unspecified atom stereocenters. The van der Waals surface area contributed by atoms with Gasteiger partial charge in [-0.15, -0.1) is 0 Å². The zero-order valence-electron chi connectivity index (χ0n) is 15.4. The van der Waals surface area contributed by atoms with Gasteiger partial charge >= 0.3 is 6.09 Å². The number of pyridine rings is 1. The highest BCUT2D eigenvalue weighted by atomic mass is 16.6. The Morgan fingerprint density at radius 3 is 2.52 bits per heavy atom. The maximum Gasteiger partial charge on any atom is 0.407 e. The first-order chi connectivity index (χ1) is 11.8. The maximum atomic E-state index is 12.7. The van der Waals surface area contributed by atoms with Crippen molar-refractivity contribution in [2.45, 2.75) is 71.1 Å². The Morgan fingerprint density at radius 1 is 1.16 bits per heavy atom. The zero-order chi connectivity index (χ0) is 18.3. The van der Waals surface area contributed by atoms with Gasteiger partial charge in [0.1, 0.15) is 5.60 Å². The molecule has 0 saturated heterocycles. The van der Waals surface area contributed by atoms with Gasteiger partial charge in [-0.3, -0.25) is 9.78 Å². The van der Waals surface area contributed by atoms with Crippen molar-refractivity contribution in [1.29, 1.82) is 0 Å². The number of nitrogens with zero attached hydrogens (tertiary/aromatic N) is 1. The summed E-state index contributed by atoms with van der Waals surface area (Å²) in [7, 11) is 0. The molecule has 0 aromatic carbocycles. The summed E-state index contributed by atoms with van der Waals surface area (Å²) in [4.78, 5) is 28.8. The van der Waals surface area contributed by atoms with E-state index in [4.69, 9.17) is 4.74 Å². The molecule has 0 aliphatic heterocycles. The second-order valence-electron chi connectivity index (χ2n) is 7.57. The number of aromatic nitrogens is 1. The van der Waals surface area contributed by atoms with Crippen LogP contribution in [0.25, 0.3) is 0 Å². The third-order valence-electron chi connectivity index (χ3n) is 4.27. The van der Waals surface area contributed by atoms with E-state index in [9.17, 15) is 9.59 Å². The van der Waals surface area contributed by atoms with E-state index in [0.29, 0.717) is 6.54 Å². The molecule has 2 rings (SSSR count). The van der Waals surface area contributed by atoms with E-state index in [2.05, 4.69) is 15.6 Å². The molecule has 1 fully saturated rings. The van der Waals surface area contributed by atoms with Gasteiger partial charge < -0.3 is 15.4 Å². The molecular weight excluding hydrogens is 318 g/mol. The number of carbonyl (C=O) groups is 2. The van der Waals surface area contributed by atoms with Crippen molar-refractivity contribution in [3.8, 4) is 0 Å². The van der Waals surface area contributed by atoms with Crippen molar-refractivity contribution in [3.05, 3.63) is 30.1 Å². The fraction of sp³-hybridized carbons (Fsp3) is 0.632. The molecule has 0 spiro atoms. The lowest BCUT2D eigenvalue weighted by Crippen LogP contribution is -2.47. The fourth-order valence-electron chi connectivity index (χ4n) is 3.07. The van der Waals surface area contributed by atoms with Crippen LogP contribution < -0.4 is 10.6 Å². The van der Waals surface area contributed by atoms with Gasteiger partial charge in [-0.1, -0.05) is 19.3 Å². The van der Waals surface area contributed by atoms with E-state index in [1.54, 1.807) is 12.4 Å². The average molecular weight is 347 g/mol. The summed E-state index contributed by atoms with van der Waals surface area (Å²) < 4.78 is 5.35. The highest BCUT2D eigenvalue weighted by Crippen LogP contribution is 2.24. The van der Waals surface area contributed by atoms with Crippen LogP contribution in [0.1, 0.15) is 58.4 Å². The molecule has 0 bridgehead atoms. The number of alkyl carbamates (subject to hydrolysis) is 1. The van der Waals surface area contributed by atoms with Crippen LogP contribution >= 0.6 is 0 Å². The topological polar surface area (TPSA) is 80.3 Å². The Balaban J connectivity index is 1.96. The second kappa shape index (κ2) is 8.83. The highest BCUT2D eigenvalue weighted by Gasteiger charge is 2.31. The van der Waals surface area contributed by atoms with Crippen LogP contribution in [0.3, 0.4) is 0 Å². The Kier molecular flexibility index (Phi) is 6.79. The third-order valence-corrected chi connectivity index (χ3v) is 4.27. The predicted octanol–water partition coefficient (Wildman–Crippen LogP) is 3.17. The molecule has 1 aromatic rings. The van der Waals surface area contributed by atoms with Crippen LogP contribution in [0.4, 0.5) is 4.79 Å². The van der Waals surface area contributed by atoms with Crippen LogP contribution in [0, 0.1) is 5.92 Å². The van der Waals surface area contributed by atoms with E-state index in [0.717, 1.165) is 37.7 Å². The largest absolute Gasteiger partial charge is 0.444 e. The van der Waals surface area contributed by atoms with Crippen molar-refractivity contribution in [3.63, 3.8) is 0 Å². The monoisotopic (exact) mass is 347 g/mol. The van der Waals surface area contributed by atoms with Gasteiger partial charge in [0.25, 0.3) is 0 Å². The standard InChI is InChI=1S/C19H29N3O3/c1-19(2,3)25-18(24)22-16-8-6-4-5-7-15(16)17(23)21-13-14-9-11-20-12-10-14/h9-12,15-16H,4-8,13H2,1-3H3,(H,21,23)(H,22,24)/t15-,16-/m1/s1. The van der Waals surface area contributed by atoms with Gasteiger partial charge in [0.15, 0.2) is 0 Å². The number of ether oxygens (including phenoxy) is 1. The average Bonchev–Trinajstić information content (AvgIpc) is 2.77. The lowest BCUT2D eigenvalue weighted by molar-refractivity contribution is -0.126. The van der Waals surface area contributed by atoms with Crippen molar-refractivity contribution in [1.82, 2.24) is 15.6 Å². The molecule has 2 atom stereocenters. The second-order valence-corrected chi connectivity index (χ2v) is 7.57. The summed E-state index contributed by atoms with van der Waals surface area (Å²) in [5.41, 5.74) is 0.460. The first-order valence-corrected chi connectivity index (χ1v) is 9.01. The van der Waals surface area contributed by atoms with E-state index in [1.165, 1.54) is 0 Å². The number of hydrogen-bond donors (Lipinski definition) is 2. The third kappa shape index (κ3) is 6.72. The van der Waals surface area contributed by atoms with Gasteiger partial charge in [-0.2, -0.15) is 0 Å². The van der Waals surface area contributed by atoms with Gasteiger partial charge in [0, 0.05) is 25.0 Å². The highest BCUT2D eigenvalue weighted by molar-refractivity contribution is 5.80. The Labute approximate surface area is 149 Å². The zero-order valence-corrected chi connectivity index (χ0v) is 15.4. The number of carbonyl (C=O) groups excluding carboxylic acids is 2. The summed E-state index contributed by atoms with van der Waals surface area (Å²) in [6.07, 6.45) is 7.64. The van der Waals surface area contributed by atoms with Crippen LogP contribution in [-0.2, 0) is 16.1 Å². The molecule has 25 heavy (non-hydrogen) atoms. The van der Waals surface area contributed by atoms with Crippen LogP contribution in [0.2, 0.25) is 0 Å². The summed E-state index contributed by atoms with van der Waals surface area (Å²) in [6.45, 7) is 5.97. The number of hydrogen-bond acceptors (Lipinski definition) is 4. The Hall–Kier alpha value is -2.11. The quantitative estimate of drug-likeness (QED) is 0.820. The molecule has 1 aliphatic carbocycles. The smallest absolute Gasteiger partial charge is 0.407 e. The van der Waals surface area contributed by atoms with Gasteiger partial charge in [-0.25, -0.2) is 4.79 Å². The predicted molar refractivity (Wildman–Crippen MR) is 95.8 cm³/mol. The van der Waals surface area contributed by atoms with E-state index in [1.807, 2.05) is 32.9 Å². The molecule has 0 radical (unpaired) electrons. The van der Waals surface area contributed by atoms with E-state index in [-0.39, 0.29) is 17.9 Å². The summed E-state index contributed by atoms with van der Waals surface area (Å²) in [5, 5.41) is 5.90. The summed E-state index contributed by atoms with van der Waals surface area (Å²) >= 11 is 0. The molecule has 1 aromatic heterocycles. The summed E-state index contributed by atoms with van der Waals surface area (Å²) in [5.74, 6) is -0.239. The Morgan fingerprint density at radius 2 is 1.84 bits per heavy atom. The minimum absolute atomic E-state index is 0.0141. The molecule has 1 aliphatic rings. The van der Waals surface area contributed by atoms with Crippen molar-refractivity contribution in [2.75, 3.05) is 0 Å². The Bertz CT molecular complexity index is 569.